The number of benzene rings is 3. The highest BCUT2D eigenvalue weighted by atomic mass is 16.6. The molecule has 0 aromatic heterocycles. The van der Waals surface area contributed by atoms with Crippen molar-refractivity contribution in [3.05, 3.63) is 108 Å². The van der Waals surface area contributed by atoms with Gasteiger partial charge in [0, 0.05) is 0 Å². The molecule has 1 saturated heterocycles. The van der Waals surface area contributed by atoms with Crippen LogP contribution in [-0.4, -0.2) is 35.5 Å². The molecule has 0 aliphatic carbocycles. The van der Waals surface area contributed by atoms with Crippen molar-refractivity contribution in [2.45, 2.75) is 38.8 Å². The molecular formula is C30H31NO5. The quantitative estimate of drug-likeness (QED) is 0.369. The van der Waals surface area contributed by atoms with Gasteiger partial charge in [-0.1, -0.05) is 97.9 Å². The Morgan fingerprint density at radius 3 is 2.06 bits per heavy atom. The molecule has 36 heavy (non-hydrogen) atoms. The number of esters is 1. The molecule has 0 unspecified atom stereocenters. The summed E-state index contributed by atoms with van der Waals surface area (Å²) in [5, 5.41) is 0. The average Bonchev–Trinajstić information content (AvgIpc) is 3.28. The molecule has 2 amide bonds. The van der Waals surface area contributed by atoms with Crippen LogP contribution in [-0.2, 0) is 38.5 Å². The lowest BCUT2D eigenvalue weighted by atomic mass is 9.86. The van der Waals surface area contributed by atoms with Crippen molar-refractivity contribution in [2.24, 2.45) is 11.8 Å². The molecule has 3 aromatic carbocycles. The van der Waals surface area contributed by atoms with Crippen LogP contribution in [0.4, 0.5) is 4.79 Å². The Balaban J connectivity index is 1.51. The third kappa shape index (κ3) is 6.39. The zero-order valence-electron chi connectivity index (χ0n) is 20.4. The van der Waals surface area contributed by atoms with E-state index in [4.69, 9.17) is 9.47 Å². The fourth-order valence-electron chi connectivity index (χ4n) is 4.52. The Hall–Kier alpha value is -3.93. The number of amides is 2. The van der Waals surface area contributed by atoms with Gasteiger partial charge in [0.15, 0.2) is 0 Å². The summed E-state index contributed by atoms with van der Waals surface area (Å²) in [7, 11) is 0. The molecule has 4 rings (SSSR count). The maximum Gasteiger partial charge on any atom is 0.416 e. The van der Waals surface area contributed by atoms with Crippen molar-refractivity contribution in [2.75, 3.05) is 6.61 Å². The third-order valence-electron chi connectivity index (χ3n) is 6.62. The monoisotopic (exact) mass is 485 g/mol. The molecule has 1 aliphatic rings. The summed E-state index contributed by atoms with van der Waals surface area (Å²) in [5.41, 5.74) is 2.94. The van der Waals surface area contributed by atoms with Crippen LogP contribution in [0.5, 0.6) is 0 Å². The maximum atomic E-state index is 13.8. The van der Waals surface area contributed by atoms with Gasteiger partial charge in [0.25, 0.3) is 0 Å². The summed E-state index contributed by atoms with van der Waals surface area (Å²) in [6.07, 6.45) is 0.846. The van der Waals surface area contributed by atoms with Gasteiger partial charge in [-0.3, -0.25) is 9.59 Å². The van der Waals surface area contributed by atoms with Crippen LogP contribution >= 0.6 is 0 Å². The van der Waals surface area contributed by atoms with E-state index < -0.39 is 35.8 Å². The van der Waals surface area contributed by atoms with Crippen molar-refractivity contribution < 1.29 is 23.9 Å². The van der Waals surface area contributed by atoms with Gasteiger partial charge in [-0.25, -0.2) is 9.69 Å². The number of aryl methyl sites for hydroxylation is 1. The van der Waals surface area contributed by atoms with E-state index in [-0.39, 0.29) is 13.2 Å². The molecule has 6 heteroatoms. The first kappa shape index (κ1) is 25.2. The van der Waals surface area contributed by atoms with Crippen molar-refractivity contribution in [1.82, 2.24) is 4.90 Å². The Morgan fingerprint density at radius 2 is 1.44 bits per heavy atom. The zero-order valence-corrected chi connectivity index (χ0v) is 20.4. The van der Waals surface area contributed by atoms with Crippen LogP contribution in [0.15, 0.2) is 91.0 Å². The highest BCUT2D eigenvalue weighted by molar-refractivity contribution is 5.96. The topological polar surface area (TPSA) is 72.9 Å². The third-order valence-corrected chi connectivity index (χ3v) is 6.62. The fourth-order valence-corrected chi connectivity index (χ4v) is 4.52. The number of ether oxygens (including phenoxy) is 2. The molecule has 1 fully saturated rings. The SMILES string of the molecule is C[C@H](C(=O)OCc1ccccc1)[C@H](CCc1ccccc1)C(=O)N1C(=O)OC[C@H]1Cc1ccccc1. The molecule has 3 atom stereocenters. The van der Waals surface area contributed by atoms with Gasteiger partial charge in [0.2, 0.25) is 5.91 Å². The number of rotatable bonds is 10. The van der Waals surface area contributed by atoms with Gasteiger partial charge in [-0.2, -0.15) is 0 Å². The molecule has 6 nitrogen and oxygen atoms in total. The number of cyclic esters (lactones) is 1. The van der Waals surface area contributed by atoms with E-state index in [2.05, 4.69) is 0 Å². The molecule has 3 aromatic rings. The maximum absolute atomic E-state index is 13.8. The van der Waals surface area contributed by atoms with Crippen LogP contribution in [0.2, 0.25) is 0 Å². The molecule has 186 valence electrons. The van der Waals surface area contributed by atoms with E-state index in [1.807, 2.05) is 91.0 Å². The van der Waals surface area contributed by atoms with Gasteiger partial charge in [-0.05, 0) is 36.0 Å². The number of carbonyl (C=O) groups excluding carboxylic acids is 3. The average molecular weight is 486 g/mol. The predicted octanol–water partition coefficient (Wildman–Crippen LogP) is 5.21. The summed E-state index contributed by atoms with van der Waals surface area (Å²) < 4.78 is 10.8. The highest BCUT2D eigenvalue weighted by Gasteiger charge is 2.43. The molecule has 0 saturated carbocycles. The van der Waals surface area contributed by atoms with Crippen molar-refractivity contribution in [3.63, 3.8) is 0 Å². The highest BCUT2D eigenvalue weighted by Crippen LogP contribution is 2.27. The smallest absolute Gasteiger partial charge is 0.416 e. The van der Waals surface area contributed by atoms with Crippen LogP contribution in [0.25, 0.3) is 0 Å². The molecule has 0 radical (unpaired) electrons. The van der Waals surface area contributed by atoms with Gasteiger partial charge >= 0.3 is 12.1 Å². The Kier molecular flexibility index (Phi) is 8.50. The van der Waals surface area contributed by atoms with E-state index in [0.29, 0.717) is 19.3 Å². The van der Waals surface area contributed by atoms with E-state index in [1.165, 1.54) is 4.90 Å². The molecule has 1 heterocycles. The van der Waals surface area contributed by atoms with Crippen LogP contribution in [0.1, 0.15) is 30.0 Å². The Morgan fingerprint density at radius 1 is 0.889 bits per heavy atom. The Labute approximate surface area is 211 Å². The van der Waals surface area contributed by atoms with Crippen LogP contribution in [0, 0.1) is 11.8 Å². The largest absolute Gasteiger partial charge is 0.461 e. The summed E-state index contributed by atoms with van der Waals surface area (Å²) in [6, 6.07) is 28.5. The van der Waals surface area contributed by atoms with E-state index in [0.717, 1.165) is 16.7 Å². The first-order valence-corrected chi connectivity index (χ1v) is 12.3. The van der Waals surface area contributed by atoms with Crippen molar-refractivity contribution >= 4 is 18.0 Å². The summed E-state index contributed by atoms with van der Waals surface area (Å²) >= 11 is 0. The number of nitrogens with zero attached hydrogens (tertiary/aromatic N) is 1. The van der Waals surface area contributed by atoms with Crippen molar-refractivity contribution in [1.29, 1.82) is 0 Å². The minimum atomic E-state index is -0.726. The van der Waals surface area contributed by atoms with Gasteiger partial charge in [0.05, 0.1) is 17.9 Å². The number of carbonyl (C=O) groups is 3. The van der Waals surface area contributed by atoms with Crippen molar-refractivity contribution in [3.8, 4) is 0 Å². The zero-order chi connectivity index (χ0) is 25.3. The van der Waals surface area contributed by atoms with Gasteiger partial charge in [-0.15, -0.1) is 0 Å². The fraction of sp³-hybridized carbons (Fsp3) is 0.300. The normalized spacial score (nSPS) is 16.8. The summed E-state index contributed by atoms with van der Waals surface area (Å²) in [4.78, 5) is 40.7. The van der Waals surface area contributed by atoms with Gasteiger partial charge in [0.1, 0.15) is 13.2 Å². The lowest BCUT2D eigenvalue weighted by molar-refractivity contribution is -0.155. The number of hydrogen-bond acceptors (Lipinski definition) is 5. The Bertz CT molecular complexity index is 1150. The van der Waals surface area contributed by atoms with Crippen LogP contribution in [0.3, 0.4) is 0 Å². The first-order valence-electron chi connectivity index (χ1n) is 12.3. The molecule has 0 spiro atoms. The molecule has 1 aliphatic heterocycles. The minimum absolute atomic E-state index is 0.131. The second-order valence-corrected chi connectivity index (χ2v) is 9.14. The first-order chi connectivity index (χ1) is 17.5. The van der Waals surface area contributed by atoms with Crippen LogP contribution < -0.4 is 0 Å². The van der Waals surface area contributed by atoms with E-state index in [1.54, 1.807) is 6.92 Å². The lowest BCUT2D eigenvalue weighted by Crippen LogP contribution is -2.46. The summed E-state index contributed by atoms with van der Waals surface area (Å²) in [5.74, 6) is -2.30. The number of imide groups is 1. The lowest BCUT2D eigenvalue weighted by Gasteiger charge is -2.28. The standard InChI is InChI=1S/C30H31NO5/c1-22(29(33)35-20-25-15-9-4-10-16-25)27(18-17-23-11-5-2-6-12-23)28(32)31-26(21-36-30(31)34)19-24-13-7-3-8-14-24/h2-16,22,26-27H,17-21H2,1H3/t22-,26+,27-/m0/s1. The van der Waals surface area contributed by atoms with E-state index >= 15 is 0 Å². The molecular weight excluding hydrogens is 454 g/mol. The minimum Gasteiger partial charge on any atom is -0.461 e. The summed E-state index contributed by atoms with van der Waals surface area (Å²) in [6.45, 7) is 1.97. The predicted molar refractivity (Wildman–Crippen MR) is 136 cm³/mol. The second kappa shape index (κ2) is 12.2. The molecule has 0 bridgehead atoms. The van der Waals surface area contributed by atoms with Gasteiger partial charge < -0.3 is 9.47 Å². The number of hydrogen-bond donors (Lipinski definition) is 0. The van der Waals surface area contributed by atoms with E-state index in [9.17, 15) is 14.4 Å². The molecule has 0 N–H and O–H groups in total. The second-order valence-electron chi connectivity index (χ2n) is 9.14.